The number of carbonyl (C=O) groups is 6. The van der Waals surface area contributed by atoms with Gasteiger partial charge >= 0.3 is 35.8 Å². The highest BCUT2D eigenvalue weighted by Crippen LogP contribution is 2.47. The summed E-state index contributed by atoms with van der Waals surface area (Å²) in [6, 6.07) is 14.8. The van der Waals surface area contributed by atoms with Crippen molar-refractivity contribution in [2.75, 3.05) is 0 Å². The zero-order valence-corrected chi connectivity index (χ0v) is 33.5. The summed E-state index contributed by atoms with van der Waals surface area (Å²) < 4.78 is 10.0. The topological polar surface area (TPSA) is 161 Å². The smallest absolute Gasteiger partial charge is 0.347 e. The van der Waals surface area contributed by atoms with E-state index in [-0.39, 0.29) is 44.5 Å². The second-order valence-corrected chi connectivity index (χ2v) is 15.9. The van der Waals surface area contributed by atoms with Gasteiger partial charge in [0.05, 0.1) is 33.4 Å². The fourth-order valence-electron chi connectivity index (χ4n) is 9.63. The number of aromatic carboxylic acids is 2. The molecule has 10 nitrogen and oxygen atoms in total. The van der Waals surface area contributed by atoms with Crippen molar-refractivity contribution >= 4 is 35.8 Å². The highest BCUT2D eigenvalue weighted by Gasteiger charge is 2.40. The van der Waals surface area contributed by atoms with Crippen LogP contribution in [-0.2, 0) is 27.7 Å². The number of fused-ring (bicyclic) bond motifs is 2. The lowest BCUT2D eigenvalue weighted by atomic mass is 9.66. The van der Waals surface area contributed by atoms with Crippen molar-refractivity contribution in [3.63, 3.8) is 0 Å². The van der Waals surface area contributed by atoms with E-state index in [0.29, 0.717) is 35.1 Å². The Morgan fingerprint density at radius 2 is 0.879 bits per heavy atom. The van der Waals surface area contributed by atoms with E-state index < -0.39 is 41.2 Å². The van der Waals surface area contributed by atoms with Crippen LogP contribution in [0.5, 0.6) is 0 Å². The van der Waals surface area contributed by atoms with Crippen LogP contribution in [0, 0.1) is 13.8 Å². The number of aryl methyl sites for hydroxylation is 4. The first-order valence-electron chi connectivity index (χ1n) is 20.4. The maximum atomic E-state index is 13.1. The summed E-state index contributed by atoms with van der Waals surface area (Å²) in [6.07, 6.45) is 12.2. The van der Waals surface area contributed by atoms with Crippen molar-refractivity contribution in [1.29, 1.82) is 0 Å². The van der Waals surface area contributed by atoms with E-state index in [1.54, 1.807) is 13.8 Å². The van der Waals surface area contributed by atoms with E-state index in [1.807, 2.05) is 38.1 Å². The maximum absolute atomic E-state index is 13.1. The SMILES string of the molecule is CCc1cc2c(c(-c3ccc(C4(c5ccc(-c6c(C(=O)O)c(CC)cc7c6C(=O)OC7=O)c(C)c5)CCCCCCCCCCC4)cc3C)c1C(=O)O)C(=O)OC2=O. The largest absolute Gasteiger partial charge is 0.478 e. The minimum Gasteiger partial charge on any atom is -0.478 e. The van der Waals surface area contributed by atoms with Crippen LogP contribution >= 0.6 is 0 Å². The van der Waals surface area contributed by atoms with Crippen molar-refractivity contribution in [2.24, 2.45) is 0 Å². The fourth-order valence-corrected chi connectivity index (χ4v) is 9.63. The first-order valence-corrected chi connectivity index (χ1v) is 20.4. The Bertz CT molecular complexity index is 2250. The molecular formula is C48H48O10. The number of rotatable bonds is 8. The number of benzene rings is 4. The van der Waals surface area contributed by atoms with E-state index in [9.17, 15) is 39.0 Å². The second-order valence-electron chi connectivity index (χ2n) is 15.9. The molecule has 7 rings (SSSR count). The Balaban J connectivity index is 1.43. The number of carbonyl (C=O) groups excluding carboxylic acids is 4. The predicted octanol–water partition coefficient (Wildman–Crippen LogP) is 10.4. The van der Waals surface area contributed by atoms with Crippen molar-refractivity contribution in [2.45, 2.75) is 117 Å². The van der Waals surface area contributed by atoms with Crippen LogP contribution in [0.2, 0.25) is 0 Å². The molecule has 300 valence electrons. The van der Waals surface area contributed by atoms with E-state index >= 15 is 0 Å². The molecule has 0 aromatic heterocycles. The van der Waals surface area contributed by atoms with E-state index in [0.717, 1.165) is 73.6 Å². The van der Waals surface area contributed by atoms with Crippen molar-refractivity contribution in [3.05, 3.63) is 115 Å². The molecule has 3 aliphatic rings. The van der Waals surface area contributed by atoms with Gasteiger partial charge in [0.15, 0.2) is 0 Å². The molecule has 0 radical (unpaired) electrons. The second kappa shape index (κ2) is 16.2. The van der Waals surface area contributed by atoms with Gasteiger partial charge in [0.25, 0.3) is 0 Å². The molecule has 0 unspecified atom stereocenters. The number of cyclic esters (lactones) is 4. The normalized spacial score (nSPS) is 16.8. The molecule has 0 amide bonds. The number of carboxylic acid groups (broad SMARTS) is 2. The molecule has 4 aromatic rings. The summed E-state index contributed by atoms with van der Waals surface area (Å²) in [5, 5.41) is 21.0. The van der Waals surface area contributed by atoms with Crippen molar-refractivity contribution < 1.29 is 48.5 Å². The number of ether oxygens (including phenoxy) is 2. The van der Waals surface area contributed by atoms with E-state index in [1.165, 1.54) is 31.4 Å². The lowest BCUT2D eigenvalue weighted by molar-refractivity contribution is 0.0426. The molecule has 0 bridgehead atoms. The summed E-state index contributed by atoms with van der Waals surface area (Å²) >= 11 is 0. The molecule has 2 aliphatic heterocycles. The number of carboxylic acids is 2. The van der Waals surface area contributed by atoms with Gasteiger partial charge in [-0.25, -0.2) is 28.8 Å². The van der Waals surface area contributed by atoms with Crippen molar-refractivity contribution in [3.8, 4) is 22.3 Å². The molecule has 1 fully saturated rings. The van der Waals surface area contributed by atoms with Crippen LogP contribution in [0.25, 0.3) is 22.3 Å². The summed E-state index contributed by atoms with van der Waals surface area (Å²) in [7, 11) is 0. The van der Waals surface area contributed by atoms with Gasteiger partial charge in [0.2, 0.25) is 0 Å². The van der Waals surface area contributed by atoms with Crippen LogP contribution in [0.3, 0.4) is 0 Å². The van der Waals surface area contributed by atoms with Gasteiger partial charge in [-0.05, 0) is 96.2 Å². The van der Waals surface area contributed by atoms with Gasteiger partial charge < -0.3 is 19.7 Å². The maximum Gasteiger partial charge on any atom is 0.347 e. The third-order valence-electron chi connectivity index (χ3n) is 12.5. The molecule has 0 spiro atoms. The minimum absolute atomic E-state index is 0.0272. The predicted molar refractivity (Wildman–Crippen MR) is 217 cm³/mol. The quantitative estimate of drug-likeness (QED) is 0.130. The number of hydrogen-bond acceptors (Lipinski definition) is 8. The van der Waals surface area contributed by atoms with Crippen LogP contribution in [0.4, 0.5) is 0 Å². The standard InChI is InChI=1S/C48H48O10/c1-5-28-24-34-40(46(55)57-44(34)53)38(36(28)42(49)50)32-18-16-30(22-26(32)3)48(20-14-12-10-8-7-9-11-13-15-21-48)31-17-19-33(27(4)23-31)39-37(43(51)52)29(6-2)25-35-41(39)47(56)58-45(35)54/h16-19,22-25H,5-15,20-21H2,1-4H3,(H,49,50)(H,51,52). The molecule has 1 saturated carbocycles. The van der Waals surface area contributed by atoms with Crippen LogP contribution in [0.1, 0.15) is 180 Å². The van der Waals surface area contributed by atoms with Crippen LogP contribution in [-0.4, -0.2) is 46.0 Å². The summed E-state index contributed by atoms with van der Waals surface area (Å²) in [6.45, 7) is 7.39. The fraction of sp³-hybridized carbons (Fsp3) is 0.375. The Kier molecular flexibility index (Phi) is 11.2. The van der Waals surface area contributed by atoms with Gasteiger partial charge in [-0.3, -0.25) is 0 Å². The van der Waals surface area contributed by atoms with Gasteiger partial charge in [0.1, 0.15) is 0 Å². The Morgan fingerprint density at radius 1 is 0.517 bits per heavy atom. The highest BCUT2D eigenvalue weighted by atomic mass is 16.6. The molecule has 10 heteroatoms. The highest BCUT2D eigenvalue weighted by molar-refractivity contribution is 6.21. The number of hydrogen-bond donors (Lipinski definition) is 2. The van der Waals surface area contributed by atoms with E-state index in [4.69, 9.17) is 9.47 Å². The van der Waals surface area contributed by atoms with Crippen LogP contribution in [0.15, 0.2) is 48.5 Å². The Hall–Kier alpha value is -5.90. The zero-order chi connectivity index (χ0) is 41.5. The average molecular weight is 785 g/mol. The summed E-state index contributed by atoms with van der Waals surface area (Å²) in [5.74, 6) is -5.72. The lowest BCUT2D eigenvalue weighted by Gasteiger charge is -2.37. The third kappa shape index (κ3) is 6.92. The Labute approximate surface area is 337 Å². The molecule has 2 heterocycles. The molecule has 0 atom stereocenters. The molecule has 4 aromatic carbocycles. The molecule has 1 aliphatic carbocycles. The first kappa shape index (κ1) is 40.3. The zero-order valence-electron chi connectivity index (χ0n) is 33.5. The molecule has 2 N–H and O–H groups in total. The van der Waals surface area contributed by atoms with Gasteiger partial charge in [-0.1, -0.05) is 108 Å². The molecular weight excluding hydrogens is 737 g/mol. The molecule has 58 heavy (non-hydrogen) atoms. The monoisotopic (exact) mass is 784 g/mol. The summed E-state index contributed by atoms with van der Waals surface area (Å²) in [5.41, 5.74) is 5.30. The number of esters is 4. The molecule has 0 saturated heterocycles. The third-order valence-corrected chi connectivity index (χ3v) is 12.5. The van der Waals surface area contributed by atoms with E-state index in [2.05, 4.69) is 12.1 Å². The van der Waals surface area contributed by atoms with Gasteiger partial charge in [-0.2, -0.15) is 0 Å². The summed E-state index contributed by atoms with van der Waals surface area (Å²) in [4.78, 5) is 77.5. The minimum atomic E-state index is -1.20. The average Bonchev–Trinajstić information content (AvgIpc) is 3.64. The van der Waals surface area contributed by atoms with Gasteiger partial charge in [0, 0.05) is 16.5 Å². The van der Waals surface area contributed by atoms with Crippen molar-refractivity contribution in [1.82, 2.24) is 0 Å². The lowest BCUT2D eigenvalue weighted by Crippen LogP contribution is -2.29. The Morgan fingerprint density at radius 3 is 1.21 bits per heavy atom. The first-order chi connectivity index (χ1) is 27.8. The van der Waals surface area contributed by atoms with Gasteiger partial charge in [-0.15, -0.1) is 0 Å². The van der Waals surface area contributed by atoms with Crippen LogP contribution < -0.4 is 0 Å².